The summed E-state index contributed by atoms with van der Waals surface area (Å²) in [7, 11) is 3.55. The second-order valence-electron chi connectivity index (χ2n) is 5.48. The monoisotopic (exact) mass is 256 g/mol. The molecular weight excluding hydrogens is 228 g/mol. The van der Waals surface area contributed by atoms with Gasteiger partial charge in [-0.25, -0.2) is 0 Å². The van der Waals surface area contributed by atoms with Crippen molar-refractivity contribution in [3.8, 4) is 6.07 Å². The molecule has 106 valence electrons. The Balaban J connectivity index is 3.51. The molecule has 0 aromatic heterocycles. The number of ether oxygens (including phenoxy) is 2. The minimum atomic E-state index is -0.405. The van der Waals surface area contributed by atoms with Crippen molar-refractivity contribution >= 4 is 0 Å². The molecule has 0 aliphatic carbocycles. The van der Waals surface area contributed by atoms with E-state index in [4.69, 9.17) is 14.7 Å². The molecular formula is C14H28N2O2. The summed E-state index contributed by atoms with van der Waals surface area (Å²) in [5, 5.41) is 12.0. The molecule has 0 radical (unpaired) electrons. The largest absolute Gasteiger partial charge is 0.381 e. The van der Waals surface area contributed by atoms with E-state index >= 15 is 0 Å². The normalized spacial score (nSPS) is 15.1. The molecule has 1 unspecified atom stereocenters. The van der Waals surface area contributed by atoms with Crippen molar-refractivity contribution in [3.63, 3.8) is 0 Å². The lowest BCUT2D eigenvalue weighted by molar-refractivity contribution is -0.0102. The van der Waals surface area contributed by atoms with E-state index in [0.29, 0.717) is 0 Å². The Morgan fingerprint density at radius 3 is 2.28 bits per heavy atom. The molecule has 0 bridgehead atoms. The average molecular weight is 256 g/mol. The Morgan fingerprint density at radius 1 is 1.11 bits per heavy atom. The van der Waals surface area contributed by atoms with E-state index in [2.05, 4.69) is 25.2 Å². The van der Waals surface area contributed by atoms with Gasteiger partial charge in [-0.2, -0.15) is 5.26 Å². The Morgan fingerprint density at radius 2 is 1.78 bits per heavy atom. The minimum Gasteiger partial charge on any atom is -0.381 e. The van der Waals surface area contributed by atoms with Crippen molar-refractivity contribution in [1.82, 2.24) is 5.32 Å². The van der Waals surface area contributed by atoms with Crippen molar-refractivity contribution < 1.29 is 9.47 Å². The molecule has 0 aliphatic heterocycles. The van der Waals surface area contributed by atoms with Crippen LogP contribution in [0.4, 0.5) is 0 Å². The third-order valence-electron chi connectivity index (χ3n) is 3.42. The molecule has 0 spiro atoms. The lowest BCUT2D eigenvalue weighted by Gasteiger charge is -2.22. The number of nitriles is 1. The summed E-state index contributed by atoms with van der Waals surface area (Å²) in [6, 6.07) is 2.29. The summed E-state index contributed by atoms with van der Waals surface area (Å²) in [6.45, 7) is 7.52. The summed E-state index contributed by atoms with van der Waals surface area (Å²) in [6.07, 6.45) is 3.74. The fourth-order valence-electron chi connectivity index (χ4n) is 1.44. The number of hydrogen-bond donors (Lipinski definition) is 1. The predicted octanol–water partition coefficient (Wildman–Crippen LogP) is 2.49. The molecule has 0 rings (SSSR count). The average Bonchev–Trinajstić information content (AvgIpc) is 2.37. The highest BCUT2D eigenvalue weighted by molar-refractivity contribution is 5.02. The van der Waals surface area contributed by atoms with Gasteiger partial charge in [-0.05, 0) is 53.5 Å². The number of nitrogens with zero attached hydrogens (tertiary/aromatic N) is 1. The number of rotatable bonds is 10. The van der Waals surface area contributed by atoms with E-state index in [1.807, 2.05) is 14.0 Å². The van der Waals surface area contributed by atoms with E-state index in [-0.39, 0.29) is 5.60 Å². The molecule has 0 aromatic carbocycles. The molecule has 0 heterocycles. The zero-order valence-electron chi connectivity index (χ0n) is 12.5. The van der Waals surface area contributed by atoms with Crippen molar-refractivity contribution in [3.05, 3.63) is 0 Å². The van der Waals surface area contributed by atoms with Crippen LogP contribution in [0.1, 0.15) is 46.5 Å². The topological polar surface area (TPSA) is 54.3 Å². The predicted molar refractivity (Wildman–Crippen MR) is 73.5 cm³/mol. The third-order valence-corrected chi connectivity index (χ3v) is 3.42. The quantitative estimate of drug-likeness (QED) is 0.610. The maximum atomic E-state index is 8.99. The van der Waals surface area contributed by atoms with Gasteiger partial charge in [-0.3, -0.25) is 0 Å². The van der Waals surface area contributed by atoms with Crippen LogP contribution in [0.25, 0.3) is 0 Å². The fraction of sp³-hybridized carbons (Fsp3) is 0.929. The van der Waals surface area contributed by atoms with Gasteiger partial charge in [0.1, 0.15) is 5.54 Å². The lowest BCUT2D eigenvalue weighted by Crippen LogP contribution is -2.37. The van der Waals surface area contributed by atoms with E-state index in [9.17, 15) is 0 Å². The van der Waals surface area contributed by atoms with Crippen LogP contribution < -0.4 is 5.32 Å². The van der Waals surface area contributed by atoms with Crippen molar-refractivity contribution in [1.29, 1.82) is 5.26 Å². The van der Waals surface area contributed by atoms with Gasteiger partial charge >= 0.3 is 0 Å². The lowest BCUT2D eigenvalue weighted by atomic mass is 9.97. The molecule has 0 aromatic rings. The van der Waals surface area contributed by atoms with Crippen LogP contribution in [0, 0.1) is 11.3 Å². The zero-order valence-corrected chi connectivity index (χ0v) is 12.5. The van der Waals surface area contributed by atoms with Crippen LogP contribution in [0.3, 0.4) is 0 Å². The van der Waals surface area contributed by atoms with Gasteiger partial charge in [0, 0.05) is 20.3 Å². The standard InChI is InChI=1S/C14H28N2O2/c1-13(2,17-5)9-11-18-10-7-6-8-14(3,12-15)16-4/h16H,6-11H2,1-5H3. The second kappa shape index (κ2) is 8.47. The summed E-state index contributed by atoms with van der Waals surface area (Å²) in [4.78, 5) is 0. The number of hydrogen-bond acceptors (Lipinski definition) is 4. The van der Waals surface area contributed by atoms with E-state index in [1.165, 1.54) is 0 Å². The molecule has 18 heavy (non-hydrogen) atoms. The molecule has 0 saturated heterocycles. The smallest absolute Gasteiger partial charge is 0.103 e. The Kier molecular flexibility index (Phi) is 8.17. The van der Waals surface area contributed by atoms with Gasteiger partial charge in [0.05, 0.1) is 11.7 Å². The van der Waals surface area contributed by atoms with Crippen LogP contribution in [-0.2, 0) is 9.47 Å². The summed E-state index contributed by atoms with van der Waals surface area (Å²) in [5.74, 6) is 0. The molecule has 0 fully saturated rings. The van der Waals surface area contributed by atoms with Crippen LogP contribution in [0.2, 0.25) is 0 Å². The van der Waals surface area contributed by atoms with Gasteiger partial charge in [0.2, 0.25) is 0 Å². The Labute approximate surface area is 112 Å². The highest BCUT2D eigenvalue weighted by atomic mass is 16.5. The molecule has 0 saturated carbocycles. The van der Waals surface area contributed by atoms with E-state index in [1.54, 1.807) is 7.11 Å². The SMILES string of the molecule is CNC(C)(C#N)CCCCOCCC(C)(C)OC. The summed E-state index contributed by atoms with van der Waals surface area (Å²) < 4.78 is 10.9. The van der Waals surface area contributed by atoms with Crippen LogP contribution >= 0.6 is 0 Å². The maximum absolute atomic E-state index is 8.99. The van der Waals surface area contributed by atoms with Crippen LogP contribution in [0.15, 0.2) is 0 Å². The van der Waals surface area contributed by atoms with Crippen molar-refractivity contribution in [2.45, 2.75) is 57.6 Å². The summed E-state index contributed by atoms with van der Waals surface area (Å²) in [5.41, 5.74) is -0.510. The highest BCUT2D eigenvalue weighted by Gasteiger charge is 2.20. The first-order valence-corrected chi connectivity index (χ1v) is 6.62. The number of nitrogens with one attached hydrogen (secondary N) is 1. The van der Waals surface area contributed by atoms with Gasteiger partial charge in [0.15, 0.2) is 0 Å². The number of methoxy groups -OCH3 is 1. The van der Waals surface area contributed by atoms with Gasteiger partial charge in [0.25, 0.3) is 0 Å². The maximum Gasteiger partial charge on any atom is 0.103 e. The van der Waals surface area contributed by atoms with E-state index in [0.717, 1.165) is 38.9 Å². The second-order valence-corrected chi connectivity index (χ2v) is 5.48. The van der Waals surface area contributed by atoms with Gasteiger partial charge < -0.3 is 14.8 Å². The molecule has 1 N–H and O–H groups in total. The first-order valence-electron chi connectivity index (χ1n) is 6.62. The molecule has 1 atom stereocenters. The van der Waals surface area contributed by atoms with Crippen molar-refractivity contribution in [2.75, 3.05) is 27.4 Å². The third kappa shape index (κ3) is 7.65. The number of unbranched alkanes of at least 4 members (excludes halogenated alkanes) is 1. The van der Waals surface area contributed by atoms with Crippen molar-refractivity contribution in [2.24, 2.45) is 0 Å². The van der Waals surface area contributed by atoms with Gasteiger partial charge in [-0.15, -0.1) is 0 Å². The van der Waals surface area contributed by atoms with Gasteiger partial charge in [-0.1, -0.05) is 0 Å². The molecule has 0 aliphatic rings. The first-order chi connectivity index (χ1) is 8.39. The highest BCUT2D eigenvalue weighted by Crippen LogP contribution is 2.14. The van der Waals surface area contributed by atoms with Crippen LogP contribution in [0.5, 0.6) is 0 Å². The summed E-state index contributed by atoms with van der Waals surface area (Å²) >= 11 is 0. The minimum absolute atomic E-state index is 0.106. The first kappa shape index (κ1) is 17.4. The molecule has 0 amide bonds. The molecule has 4 heteroatoms. The Hall–Kier alpha value is -0.630. The zero-order chi connectivity index (χ0) is 14.1. The fourth-order valence-corrected chi connectivity index (χ4v) is 1.44. The molecule has 4 nitrogen and oxygen atoms in total. The van der Waals surface area contributed by atoms with E-state index < -0.39 is 5.54 Å². The van der Waals surface area contributed by atoms with Crippen LogP contribution in [-0.4, -0.2) is 38.5 Å². The Bertz CT molecular complexity index is 261.